The Morgan fingerprint density at radius 2 is 2.05 bits per heavy atom. The van der Waals surface area contributed by atoms with E-state index in [4.69, 9.17) is 9.47 Å². The van der Waals surface area contributed by atoms with E-state index in [-0.39, 0.29) is 4.90 Å². The number of nitrogens with zero attached hydrogens (tertiary/aromatic N) is 1. The highest BCUT2D eigenvalue weighted by Gasteiger charge is 2.38. The van der Waals surface area contributed by atoms with E-state index in [9.17, 15) is 13.2 Å². The lowest BCUT2D eigenvalue weighted by Crippen LogP contribution is -2.48. The second-order valence-corrected chi connectivity index (χ2v) is 6.72. The van der Waals surface area contributed by atoms with Gasteiger partial charge in [-0.05, 0) is 31.4 Å². The van der Waals surface area contributed by atoms with E-state index in [0.29, 0.717) is 18.7 Å². The summed E-state index contributed by atoms with van der Waals surface area (Å²) in [4.78, 5) is 11.9. The molecule has 2 rings (SSSR count). The predicted octanol–water partition coefficient (Wildman–Crippen LogP) is 1.41. The van der Waals surface area contributed by atoms with Crippen molar-refractivity contribution in [3.05, 3.63) is 24.3 Å². The van der Waals surface area contributed by atoms with Crippen LogP contribution in [0.5, 0.6) is 5.75 Å². The Bertz CT molecular complexity index is 614. The van der Waals surface area contributed by atoms with Gasteiger partial charge in [0.2, 0.25) is 10.0 Å². The van der Waals surface area contributed by atoms with E-state index >= 15 is 0 Å². The van der Waals surface area contributed by atoms with Gasteiger partial charge in [-0.2, -0.15) is 4.31 Å². The zero-order valence-electron chi connectivity index (χ0n) is 12.1. The lowest BCUT2D eigenvalue weighted by Gasteiger charge is -2.32. The number of rotatable bonds is 4. The average molecular weight is 313 g/mol. The molecule has 21 heavy (non-hydrogen) atoms. The van der Waals surface area contributed by atoms with Gasteiger partial charge >= 0.3 is 5.97 Å². The van der Waals surface area contributed by atoms with Gasteiger partial charge in [-0.1, -0.05) is 6.07 Å². The number of hydrogen-bond donors (Lipinski definition) is 0. The molecule has 116 valence electrons. The molecular weight excluding hydrogens is 294 g/mol. The van der Waals surface area contributed by atoms with Gasteiger partial charge in [0.05, 0.1) is 19.1 Å². The second-order valence-electron chi connectivity index (χ2n) is 4.83. The van der Waals surface area contributed by atoms with Crippen LogP contribution in [-0.2, 0) is 19.6 Å². The lowest BCUT2D eigenvalue weighted by atomic mass is 10.1. The Morgan fingerprint density at radius 3 is 2.71 bits per heavy atom. The summed E-state index contributed by atoms with van der Waals surface area (Å²) in [5.74, 6) is -0.0520. The van der Waals surface area contributed by atoms with Gasteiger partial charge in [-0.25, -0.2) is 8.42 Å². The van der Waals surface area contributed by atoms with Crippen LogP contribution >= 0.6 is 0 Å². The van der Waals surface area contributed by atoms with Crippen molar-refractivity contribution in [2.75, 3.05) is 20.8 Å². The molecule has 0 N–H and O–H groups in total. The molecule has 1 aliphatic rings. The molecule has 0 aromatic heterocycles. The first-order valence-electron chi connectivity index (χ1n) is 6.74. The second kappa shape index (κ2) is 6.44. The fourth-order valence-corrected chi connectivity index (χ4v) is 4.14. The summed E-state index contributed by atoms with van der Waals surface area (Å²) in [6.07, 6.45) is 2.02. The van der Waals surface area contributed by atoms with Gasteiger partial charge in [0.25, 0.3) is 0 Å². The molecule has 1 atom stereocenters. The fraction of sp³-hybridized carbons (Fsp3) is 0.500. The van der Waals surface area contributed by atoms with E-state index in [0.717, 1.165) is 12.8 Å². The van der Waals surface area contributed by atoms with Crippen LogP contribution in [-0.4, -0.2) is 45.5 Å². The summed E-state index contributed by atoms with van der Waals surface area (Å²) in [5, 5.41) is 0. The first-order valence-corrected chi connectivity index (χ1v) is 8.18. The monoisotopic (exact) mass is 313 g/mol. The Hall–Kier alpha value is -1.60. The van der Waals surface area contributed by atoms with E-state index in [1.165, 1.54) is 30.7 Å². The standard InChI is InChI=1S/C14H19NO5S/c1-19-11-6-5-7-12(10-11)21(17,18)15-9-4-3-8-13(15)14(16)20-2/h5-7,10,13H,3-4,8-9H2,1-2H3/t13-/m1/s1. The predicted molar refractivity (Wildman–Crippen MR) is 76.5 cm³/mol. The van der Waals surface area contributed by atoms with Crippen LogP contribution in [0, 0.1) is 0 Å². The van der Waals surface area contributed by atoms with Gasteiger partial charge in [0.1, 0.15) is 11.8 Å². The highest BCUT2D eigenvalue weighted by atomic mass is 32.2. The Labute approximate surface area is 124 Å². The first kappa shape index (κ1) is 15.8. The largest absolute Gasteiger partial charge is 0.497 e. The Balaban J connectivity index is 2.38. The quantitative estimate of drug-likeness (QED) is 0.786. The van der Waals surface area contributed by atoms with Crippen LogP contribution in [0.4, 0.5) is 0 Å². The van der Waals surface area contributed by atoms with Crippen molar-refractivity contribution in [3.8, 4) is 5.75 Å². The number of hydrogen-bond acceptors (Lipinski definition) is 5. The molecule has 1 heterocycles. The van der Waals surface area contributed by atoms with E-state index < -0.39 is 22.0 Å². The highest BCUT2D eigenvalue weighted by molar-refractivity contribution is 7.89. The molecule has 6 nitrogen and oxygen atoms in total. The van der Waals surface area contributed by atoms with Crippen LogP contribution in [0.3, 0.4) is 0 Å². The van der Waals surface area contributed by atoms with Crippen LogP contribution in [0.2, 0.25) is 0 Å². The number of piperidine rings is 1. The molecule has 0 saturated carbocycles. The maximum atomic E-state index is 12.7. The van der Waals surface area contributed by atoms with Gasteiger partial charge < -0.3 is 9.47 Å². The van der Waals surface area contributed by atoms with E-state index in [1.54, 1.807) is 12.1 Å². The van der Waals surface area contributed by atoms with Crippen LogP contribution in [0.15, 0.2) is 29.2 Å². The average Bonchev–Trinajstić information content (AvgIpc) is 2.54. The SMILES string of the molecule is COC(=O)[C@H]1CCCCN1S(=O)(=O)c1cccc(OC)c1. The topological polar surface area (TPSA) is 72.9 Å². The number of carbonyl (C=O) groups is 1. The van der Waals surface area contributed by atoms with Crippen LogP contribution in [0.1, 0.15) is 19.3 Å². The van der Waals surface area contributed by atoms with Gasteiger partial charge in [0, 0.05) is 12.6 Å². The molecule has 0 unspecified atom stereocenters. The minimum absolute atomic E-state index is 0.123. The molecule has 0 radical (unpaired) electrons. The summed E-state index contributed by atoms with van der Waals surface area (Å²) in [6.45, 7) is 0.319. The van der Waals surface area contributed by atoms with Gasteiger partial charge in [0.15, 0.2) is 0 Å². The molecule has 0 aliphatic carbocycles. The number of esters is 1. The van der Waals surface area contributed by atoms with Crippen molar-refractivity contribution in [2.24, 2.45) is 0 Å². The third-order valence-corrected chi connectivity index (χ3v) is 5.48. The number of carbonyl (C=O) groups excluding carboxylic acids is 1. The molecule has 7 heteroatoms. The summed E-state index contributed by atoms with van der Waals surface area (Å²) in [7, 11) is -0.999. The van der Waals surface area contributed by atoms with Crippen molar-refractivity contribution in [3.63, 3.8) is 0 Å². The van der Waals surface area contributed by atoms with E-state index in [2.05, 4.69) is 0 Å². The van der Waals surface area contributed by atoms with E-state index in [1.807, 2.05) is 0 Å². The first-order chi connectivity index (χ1) is 10.0. The zero-order valence-corrected chi connectivity index (χ0v) is 12.9. The van der Waals surface area contributed by atoms with Crippen molar-refractivity contribution >= 4 is 16.0 Å². The lowest BCUT2D eigenvalue weighted by molar-refractivity contribution is -0.146. The summed E-state index contributed by atoms with van der Waals surface area (Å²) >= 11 is 0. The highest BCUT2D eigenvalue weighted by Crippen LogP contribution is 2.27. The molecule has 0 bridgehead atoms. The molecule has 1 aliphatic heterocycles. The molecule has 1 fully saturated rings. The Kier molecular flexibility index (Phi) is 4.84. The molecule has 1 aromatic rings. The van der Waals surface area contributed by atoms with Crippen molar-refractivity contribution in [2.45, 2.75) is 30.2 Å². The molecule has 0 amide bonds. The minimum Gasteiger partial charge on any atom is -0.497 e. The summed E-state index contributed by atoms with van der Waals surface area (Å²) < 4.78 is 36.5. The molecule has 1 saturated heterocycles. The molecule has 0 spiro atoms. The van der Waals surface area contributed by atoms with Gasteiger partial charge in [-0.15, -0.1) is 0 Å². The van der Waals surface area contributed by atoms with Crippen molar-refractivity contribution in [1.29, 1.82) is 0 Å². The molecule has 1 aromatic carbocycles. The summed E-state index contributed by atoms with van der Waals surface area (Å²) in [6, 6.07) is 5.49. The van der Waals surface area contributed by atoms with Crippen LogP contribution < -0.4 is 4.74 Å². The van der Waals surface area contributed by atoms with Crippen molar-refractivity contribution < 1.29 is 22.7 Å². The number of ether oxygens (including phenoxy) is 2. The third kappa shape index (κ3) is 3.19. The fourth-order valence-electron chi connectivity index (χ4n) is 2.46. The Morgan fingerprint density at radius 1 is 1.29 bits per heavy atom. The van der Waals surface area contributed by atoms with Crippen LogP contribution in [0.25, 0.3) is 0 Å². The number of benzene rings is 1. The molecular formula is C14H19NO5S. The van der Waals surface area contributed by atoms with Gasteiger partial charge in [-0.3, -0.25) is 4.79 Å². The zero-order chi connectivity index (χ0) is 15.5. The maximum absolute atomic E-state index is 12.7. The maximum Gasteiger partial charge on any atom is 0.324 e. The smallest absolute Gasteiger partial charge is 0.324 e. The minimum atomic E-state index is -3.75. The number of methoxy groups -OCH3 is 2. The van der Waals surface area contributed by atoms with Crippen molar-refractivity contribution in [1.82, 2.24) is 4.31 Å². The summed E-state index contributed by atoms with van der Waals surface area (Å²) in [5.41, 5.74) is 0. The third-order valence-electron chi connectivity index (χ3n) is 3.57. The number of sulfonamides is 1. The normalized spacial score (nSPS) is 20.0.